The summed E-state index contributed by atoms with van der Waals surface area (Å²) in [5, 5.41) is 15.9. The zero-order valence-electron chi connectivity index (χ0n) is 14.2. The second kappa shape index (κ2) is 7.61. The number of anilines is 3. The fourth-order valence-electron chi connectivity index (χ4n) is 3.44. The number of hydrogen-bond acceptors (Lipinski definition) is 8. The third-order valence-electron chi connectivity index (χ3n) is 4.58. The number of nitrogens with one attached hydrogen (secondary N) is 2. The number of ether oxygens (including phenoxy) is 1. The summed E-state index contributed by atoms with van der Waals surface area (Å²) in [5.41, 5.74) is 0.670. The molecular formula is C17H21ClN6O2. The molecule has 4 heterocycles. The third kappa shape index (κ3) is 3.82. The summed E-state index contributed by atoms with van der Waals surface area (Å²) in [7, 11) is 0. The van der Waals surface area contributed by atoms with Gasteiger partial charge in [-0.2, -0.15) is 4.98 Å². The summed E-state index contributed by atoms with van der Waals surface area (Å²) in [4.78, 5) is 15.4. The molecule has 3 N–H and O–H groups in total. The zero-order chi connectivity index (χ0) is 17.9. The van der Waals surface area contributed by atoms with E-state index in [1.54, 1.807) is 18.5 Å². The van der Waals surface area contributed by atoms with Gasteiger partial charge in [0.25, 0.3) is 0 Å². The van der Waals surface area contributed by atoms with Crippen molar-refractivity contribution in [3.8, 4) is 5.88 Å². The van der Waals surface area contributed by atoms with E-state index >= 15 is 0 Å². The zero-order valence-corrected chi connectivity index (χ0v) is 15.0. The quantitative estimate of drug-likeness (QED) is 0.699. The van der Waals surface area contributed by atoms with E-state index < -0.39 is 0 Å². The highest BCUT2D eigenvalue weighted by atomic mass is 35.5. The molecule has 138 valence electrons. The Balaban J connectivity index is 1.46. The molecule has 0 saturated carbocycles. The molecule has 2 aromatic heterocycles. The van der Waals surface area contributed by atoms with Crippen LogP contribution in [0.4, 0.5) is 17.5 Å². The maximum atomic E-state index is 8.81. The summed E-state index contributed by atoms with van der Waals surface area (Å²) in [5.74, 6) is 1.70. The monoisotopic (exact) mass is 376 g/mol. The SMILES string of the molecule is OCCOc1ncc(Nc2nccc(N3C[C@H]4CC[C@@H](C3)N4)n2)cc1Cl. The Morgan fingerprint density at radius 2 is 2.12 bits per heavy atom. The Labute approximate surface area is 156 Å². The molecule has 9 heteroatoms. The smallest absolute Gasteiger partial charge is 0.232 e. The molecular weight excluding hydrogens is 356 g/mol. The number of aliphatic hydroxyl groups excluding tert-OH is 1. The summed E-state index contributed by atoms with van der Waals surface area (Å²) in [6.45, 7) is 2.00. The highest BCUT2D eigenvalue weighted by Gasteiger charge is 2.32. The summed E-state index contributed by atoms with van der Waals surface area (Å²) in [6.07, 6.45) is 5.81. The number of nitrogens with zero attached hydrogens (tertiary/aromatic N) is 4. The van der Waals surface area contributed by atoms with Crippen molar-refractivity contribution >= 4 is 29.1 Å². The second-order valence-corrected chi connectivity index (χ2v) is 6.90. The topological polar surface area (TPSA) is 95.4 Å². The number of aromatic nitrogens is 3. The Morgan fingerprint density at radius 3 is 2.85 bits per heavy atom. The van der Waals surface area contributed by atoms with Crippen molar-refractivity contribution < 1.29 is 9.84 Å². The van der Waals surface area contributed by atoms with Gasteiger partial charge in [0.05, 0.1) is 18.5 Å². The van der Waals surface area contributed by atoms with Gasteiger partial charge in [-0.1, -0.05) is 11.6 Å². The predicted octanol–water partition coefficient (Wildman–Crippen LogP) is 1.58. The number of halogens is 1. The van der Waals surface area contributed by atoms with Gasteiger partial charge in [0, 0.05) is 31.4 Å². The van der Waals surface area contributed by atoms with Gasteiger partial charge in [-0.15, -0.1) is 0 Å². The van der Waals surface area contributed by atoms with Gasteiger partial charge in [-0.25, -0.2) is 9.97 Å². The molecule has 2 atom stereocenters. The number of aliphatic hydroxyl groups is 1. The molecule has 2 fully saturated rings. The number of pyridine rings is 1. The second-order valence-electron chi connectivity index (χ2n) is 6.49. The van der Waals surface area contributed by atoms with Crippen LogP contribution in [0.15, 0.2) is 24.5 Å². The summed E-state index contributed by atoms with van der Waals surface area (Å²) in [6, 6.07) is 4.74. The lowest BCUT2D eigenvalue weighted by Crippen LogP contribution is -2.51. The van der Waals surface area contributed by atoms with E-state index in [1.165, 1.54) is 12.8 Å². The van der Waals surface area contributed by atoms with Crippen LogP contribution in [0, 0.1) is 0 Å². The van der Waals surface area contributed by atoms with Gasteiger partial charge < -0.3 is 25.4 Å². The van der Waals surface area contributed by atoms with Crippen LogP contribution in [0.5, 0.6) is 5.88 Å². The van der Waals surface area contributed by atoms with Gasteiger partial charge in [0.2, 0.25) is 11.8 Å². The molecule has 0 aromatic carbocycles. The van der Waals surface area contributed by atoms with Crippen molar-refractivity contribution in [2.75, 3.05) is 36.5 Å². The largest absolute Gasteiger partial charge is 0.474 e. The van der Waals surface area contributed by atoms with E-state index in [2.05, 4.69) is 30.5 Å². The number of fused-ring (bicyclic) bond motifs is 2. The average Bonchev–Trinajstić information content (AvgIpc) is 2.99. The van der Waals surface area contributed by atoms with Crippen LogP contribution >= 0.6 is 11.6 Å². The minimum Gasteiger partial charge on any atom is -0.474 e. The lowest BCUT2D eigenvalue weighted by Gasteiger charge is -2.33. The van der Waals surface area contributed by atoms with E-state index in [9.17, 15) is 0 Å². The van der Waals surface area contributed by atoms with Crippen LogP contribution in [0.25, 0.3) is 0 Å². The van der Waals surface area contributed by atoms with Crippen molar-refractivity contribution in [2.24, 2.45) is 0 Å². The molecule has 0 aliphatic carbocycles. The van der Waals surface area contributed by atoms with Gasteiger partial charge >= 0.3 is 0 Å². The molecule has 2 aliphatic rings. The van der Waals surface area contributed by atoms with Crippen LogP contribution in [0.2, 0.25) is 5.02 Å². The third-order valence-corrected chi connectivity index (χ3v) is 4.85. The Hall–Kier alpha value is -2.16. The van der Waals surface area contributed by atoms with Gasteiger partial charge in [0.15, 0.2) is 0 Å². The highest BCUT2D eigenvalue weighted by molar-refractivity contribution is 6.32. The van der Waals surface area contributed by atoms with Crippen molar-refractivity contribution in [1.29, 1.82) is 0 Å². The first-order valence-corrected chi connectivity index (χ1v) is 9.09. The van der Waals surface area contributed by atoms with Crippen LogP contribution < -0.4 is 20.3 Å². The number of piperazine rings is 1. The summed E-state index contributed by atoms with van der Waals surface area (Å²) < 4.78 is 5.25. The fourth-order valence-corrected chi connectivity index (χ4v) is 3.66. The molecule has 2 saturated heterocycles. The molecule has 0 unspecified atom stereocenters. The van der Waals surface area contributed by atoms with Gasteiger partial charge in [-0.3, -0.25) is 0 Å². The predicted molar refractivity (Wildman–Crippen MR) is 99.3 cm³/mol. The van der Waals surface area contributed by atoms with E-state index in [0.717, 1.165) is 18.9 Å². The Morgan fingerprint density at radius 1 is 1.31 bits per heavy atom. The maximum Gasteiger partial charge on any atom is 0.232 e. The minimum atomic E-state index is -0.0909. The lowest BCUT2D eigenvalue weighted by molar-refractivity contribution is 0.197. The standard InChI is InChI=1S/C17H21ClN6O2/c18-14-7-13(8-20-16(14)26-6-5-25)22-17-19-4-3-15(23-17)24-9-11-1-2-12(10-24)21-11/h3-4,7-8,11-12,21,25H,1-2,5-6,9-10H2,(H,19,22,23)/t11-,12+. The van der Waals surface area contributed by atoms with E-state index in [4.69, 9.17) is 21.4 Å². The Kier molecular flexibility index (Phi) is 5.05. The van der Waals surface area contributed by atoms with Crippen LogP contribution in [-0.4, -0.2) is 58.4 Å². The van der Waals surface area contributed by atoms with Crippen molar-refractivity contribution in [1.82, 2.24) is 20.3 Å². The molecule has 2 aromatic rings. The molecule has 0 radical (unpaired) electrons. The first-order chi connectivity index (χ1) is 12.7. The number of hydrogen-bond donors (Lipinski definition) is 3. The molecule has 2 aliphatic heterocycles. The van der Waals surface area contributed by atoms with Crippen LogP contribution in [0.1, 0.15) is 12.8 Å². The fraction of sp³-hybridized carbons (Fsp3) is 0.471. The molecule has 4 rings (SSSR count). The number of rotatable bonds is 6. The molecule has 26 heavy (non-hydrogen) atoms. The van der Waals surface area contributed by atoms with Crippen LogP contribution in [-0.2, 0) is 0 Å². The van der Waals surface area contributed by atoms with Crippen molar-refractivity contribution in [2.45, 2.75) is 24.9 Å². The van der Waals surface area contributed by atoms with E-state index in [1.807, 2.05) is 6.07 Å². The average molecular weight is 377 g/mol. The highest BCUT2D eigenvalue weighted by Crippen LogP contribution is 2.27. The van der Waals surface area contributed by atoms with Crippen LogP contribution in [0.3, 0.4) is 0 Å². The molecule has 0 amide bonds. The van der Waals surface area contributed by atoms with Gasteiger partial charge in [-0.05, 0) is 25.0 Å². The summed E-state index contributed by atoms with van der Waals surface area (Å²) >= 11 is 6.16. The first kappa shape index (κ1) is 17.3. The molecule has 2 bridgehead atoms. The molecule has 0 spiro atoms. The Bertz CT molecular complexity index is 765. The van der Waals surface area contributed by atoms with Crippen molar-refractivity contribution in [3.05, 3.63) is 29.5 Å². The normalized spacial score (nSPS) is 21.7. The van der Waals surface area contributed by atoms with Crippen molar-refractivity contribution in [3.63, 3.8) is 0 Å². The minimum absolute atomic E-state index is 0.0909. The maximum absolute atomic E-state index is 8.81. The van der Waals surface area contributed by atoms with E-state index in [-0.39, 0.29) is 19.1 Å². The first-order valence-electron chi connectivity index (χ1n) is 8.71. The molecule has 8 nitrogen and oxygen atoms in total. The van der Waals surface area contributed by atoms with E-state index in [0.29, 0.717) is 28.7 Å². The van der Waals surface area contributed by atoms with Gasteiger partial charge in [0.1, 0.15) is 17.4 Å². The lowest BCUT2D eigenvalue weighted by atomic mass is 10.2.